The SMILES string of the molecule is COC1OC2COC(c3ccccc3)OC2C(O)C1N. The molecule has 2 saturated heterocycles. The molecular formula is C14H19NO5. The number of benzene rings is 1. The largest absolute Gasteiger partial charge is 0.388 e. The van der Waals surface area contributed by atoms with Crippen molar-refractivity contribution in [2.45, 2.75) is 36.9 Å². The highest BCUT2D eigenvalue weighted by Crippen LogP contribution is 2.33. The number of ether oxygens (including phenoxy) is 4. The van der Waals surface area contributed by atoms with Gasteiger partial charge in [0.15, 0.2) is 12.6 Å². The maximum atomic E-state index is 10.3. The second-order valence-corrected chi connectivity index (χ2v) is 5.02. The Morgan fingerprint density at radius 2 is 2.00 bits per heavy atom. The lowest BCUT2D eigenvalue weighted by molar-refractivity contribution is -0.339. The highest BCUT2D eigenvalue weighted by atomic mass is 16.7. The maximum absolute atomic E-state index is 10.3. The first-order valence-electron chi connectivity index (χ1n) is 6.64. The van der Waals surface area contributed by atoms with Crippen molar-refractivity contribution in [1.82, 2.24) is 0 Å². The van der Waals surface area contributed by atoms with Gasteiger partial charge >= 0.3 is 0 Å². The van der Waals surface area contributed by atoms with E-state index in [4.69, 9.17) is 24.7 Å². The summed E-state index contributed by atoms with van der Waals surface area (Å²) in [6.45, 7) is 0.327. The van der Waals surface area contributed by atoms with Crippen LogP contribution in [0.2, 0.25) is 0 Å². The third-order valence-electron chi connectivity index (χ3n) is 3.72. The van der Waals surface area contributed by atoms with Crippen molar-refractivity contribution in [3.63, 3.8) is 0 Å². The lowest BCUT2D eigenvalue weighted by atomic mass is 9.96. The van der Waals surface area contributed by atoms with E-state index in [9.17, 15) is 5.11 Å². The van der Waals surface area contributed by atoms with Crippen LogP contribution in [0, 0.1) is 0 Å². The summed E-state index contributed by atoms with van der Waals surface area (Å²) in [4.78, 5) is 0. The number of aliphatic hydroxyl groups is 1. The zero-order chi connectivity index (χ0) is 14.1. The Hall–Kier alpha value is -1.02. The van der Waals surface area contributed by atoms with Gasteiger partial charge in [0.2, 0.25) is 0 Å². The average molecular weight is 281 g/mol. The summed E-state index contributed by atoms with van der Waals surface area (Å²) in [5.41, 5.74) is 6.81. The standard InChI is InChI=1S/C14H19NO5/c1-17-14-10(15)11(16)12-9(19-14)7-18-13(20-12)8-5-3-2-4-6-8/h2-6,9-14,16H,7,15H2,1H3. The van der Waals surface area contributed by atoms with E-state index >= 15 is 0 Å². The van der Waals surface area contributed by atoms with Crippen molar-refractivity contribution in [2.24, 2.45) is 5.73 Å². The Labute approximate surface area is 117 Å². The second kappa shape index (κ2) is 5.77. The summed E-state index contributed by atoms with van der Waals surface area (Å²) in [6, 6.07) is 8.93. The van der Waals surface area contributed by atoms with Gasteiger partial charge in [-0.05, 0) is 0 Å². The summed E-state index contributed by atoms with van der Waals surface area (Å²) in [5, 5.41) is 10.3. The first-order chi connectivity index (χ1) is 9.70. The Morgan fingerprint density at radius 1 is 1.25 bits per heavy atom. The van der Waals surface area contributed by atoms with E-state index in [-0.39, 0.29) is 6.10 Å². The molecule has 1 aromatic carbocycles. The Balaban J connectivity index is 1.74. The summed E-state index contributed by atoms with van der Waals surface area (Å²) in [5.74, 6) is 0. The smallest absolute Gasteiger partial charge is 0.184 e. The van der Waals surface area contributed by atoms with Crippen molar-refractivity contribution in [1.29, 1.82) is 0 Å². The van der Waals surface area contributed by atoms with Crippen LogP contribution in [0.3, 0.4) is 0 Å². The lowest BCUT2D eigenvalue weighted by Crippen LogP contribution is -2.64. The zero-order valence-electron chi connectivity index (χ0n) is 11.2. The van der Waals surface area contributed by atoms with Crippen molar-refractivity contribution in [3.8, 4) is 0 Å². The summed E-state index contributed by atoms with van der Waals surface area (Å²) < 4.78 is 22.2. The van der Waals surface area contributed by atoms with E-state index in [1.165, 1.54) is 7.11 Å². The molecule has 0 saturated carbocycles. The predicted octanol–water partition coefficient (Wildman–Crippen LogP) is 0.160. The van der Waals surface area contributed by atoms with Crippen LogP contribution in [-0.2, 0) is 18.9 Å². The number of nitrogens with two attached hydrogens (primary N) is 1. The molecule has 0 radical (unpaired) electrons. The van der Waals surface area contributed by atoms with Crippen LogP contribution in [0.4, 0.5) is 0 Å². The Kier molecular flexibility index (Phi) is 4.02. The first-order valence-corrected chi connectivity index (χ1v) is 6.64. The first kappa shape index (κ1) is 13.9. The summed E-state index contributed by atoms with van der Waals surface area (Å²) in [6.07, 6.45) is -2.91. The molecular weight excluding hydrogens is 262 g/mol. The van der Waals surface area contributed by atoms with Gasteiger partial charge in [-0.3, -0.25) is 0 Å². The summed E-state index contributed by atoms with van der Waals surface area (Å²) >= 11 is 0. The van der Waals surface area contributed by atoms with Gasteiger partial charge in [0.25, 0.3) is 0 Å². The molecule has 6 unspecified atom stereocenters. The highest BCUT2D eigenvalue weighted by Gasteiger charge is 2.48. The number of hydrogen-bond acceptors (Lipinski definition) is 6. The van der Waals surface area contributed by atoms with Gasteiger partial charge in [-0.2, -0.15) is 0 Å². The number of fused-ring (bicyclic) bond motifs is 1. The molecule has 2 fully saturated rings. The number of rotatable bonds is 2. The molecule has 110 valence electrons. The fourth-order valence-corrected chi connectivity index (χ4v) is 2.60. The van der Waals surface area contributed by atoms with Crippen molar-refractivity contribution >= 4 is 0 Å². The van der Waals surface area contributed by atoms with Gasteiger partial charge in [-0.15, -0.1) is 0 Å². The molecule has 20 heavy (non-hydrogen) atoms. The maximum Gasteiger partial charge on any atom is 0.184 e. The van der Waals surface area contributed by atoms with Crippen LogP contribution >= 0.6 is 0 Å². The van der Waals surface area contributed by atoms with E-state index in [0.717, 1.165) is 5.56 Å². The van der Waals surface area contributed by atoms with Crippen LogP contribution in [0.5, 0.6) is 0 Å². The van der Waals surface area contributed by atoms with Crippen LogP contribution in [0.1, 0.15) is 11.9 Å². The Morgan fingerprint density at radius 3 is 2.70 bits per heavy atom. The van der Waals surface area contributed by atoms with Gasteiger partial charge in [0.1, 0.15) is 18.3 Å². The van der Waals surface area contributed by atoms with Gasteiger partial charge in [-0.25, -0.2) is 0 Å². The molecule has 6 heteroatoms. The van der Waals surface area contributed by atoms with Gasteiger partial charge in [0, 0.05) is 12.7 Å². The molecule has 0 spiro atoms. The molecule has 3 rings (SSSR count). The van der Waals surface area contributed by atoms with Crippen LogP contribution < -0.4 is 5.73 Å². The molecule has 0 aliphatic carbocycles. The van der Waals surface area contributed by atoms with Gasteiger partial charge in [-0.1, -0.05) is 30.3 Å². The highest BCUT2D eigenvalue weighted by molar-refractivity contribution is 5.16. The molecule has 2 aliphatic rings. The molecule has 0 aromatic heterocycles. The molecule has 3 N–H and O–H groups in total. The minimum absolute atomic E-state index is 0.327. The minimum Gasteiger partial charge on any atom is -0.388 e. The van der Waals surface area contributed by atoms with E-state index in [1.807, 2.05) is 30.3 Å². The van der Waals surface area contributed by atoms with Crippen LogP contribution in [-0.4, -0.2) is 49.5 Å². The molecule has 2 aliphatic heterocycles. The average Bonchev–Trinajstić information content (AvgIpc) is 2.51. The van der Waals surface area contributed by atoms with E-state index in [0.29, 0.717) is 6.61 Å². The normalized spacial score (nSPS) is 41.1. The third-order valence-corrected chi connectivity index (χ3v) is 3.72. The molecule has 1 aromatic rings. The van der Waals surface area contributed by atoms with Crippen LogP contribution in [0.15, 0.2) is 30.3 Å². The predicted molar refractivity (Wildman–Crippen MR) is 69.7 cm³/mol. The fourth-order valence-electron chi connectivity index (χ4n) is 2.60. The summed E-state index contributed by atoms with van der Waals surface area (Å²) in [7, 11) is 1.49. The lowest BCUT2D eigenvalue weighted by Gasteiger charge is -2.46. The quantitative estimate of drug-likeness (QED) is 0.803. The number of methoxy groups -OCH3 is 1. The molecule has 0 bridgehead atoms. The minimum atomic E-state index is -0.853. The molecule has 0 amide bonds. The van der Waals surface area contributed by atoms with Crippen molar-refractivity contribution in [3.05, 3.63) is 35.9 Å². The Bertz CT molecular complexity index is 440. The van der Waals surface area contributed by atoms with Crippen molar-refractivity contribution in [2.75, 3.05) is 13.7 Å². The number of aliphatic hydroxyl groups excluding tert-OH is 1. The third kappa shape index (κ3) is 2.46. The molecule has 6 nitrogen and oxygen atoms in total. The fraction of sp³-hybridized carbons (Fsp3) is 0.571. The monoisotopic (exact) mass is 281 g/mol. The van der Waals surface area contributed by atoms with Gasteiger partial charge in [0.05, 0.1) is 12.6 Å². The topological polar surface area (TPSA) is 83.2 Å². The van der Waals surface area contributed by atoms with Gasteiger partial charge < -0.3 is 29.8 Å². The number of hydrogen-bond donors (Lipinski definition) is 2. The van der Waals surface area contributed by atoms with Crippen LogP contribution in [0.25, 0.3) is 0 Å². The van der Waals surface area contributed by atoms with E-state index < -0.39 is 30.8 Å². The van der Waals surface area contributed by atoms with E-state index in [1.54, 1.807) is 0 Å². The molecule has 2 heterocycles. The zero-order valence-corrected chi connectivity index (χ0v) is 11.2. The van der Waals surface area contributed by atoms with E-state index in [2.05, 4.69) is 0 Å². The second-order valence-electron chi connectivity index (χ2n) is 5.02. The molecule has 6 atom stereocenters. The van der Waals surface area contributed by atoms with Crippen molar-refractivity contribution < 1.29 is 24.1 Å².